The van der Waals surface area contributed by atoms with Gasteiger partial charge in [-0.3, -0.25) is 19.2 Å². The number of hydrogen-bond acceptors (Lipinski definition) is 5. The number of likely N-dealkylation sites (tertiary alicyclic amines) is 1. The summed E-state index contributed by atoms with van der Waals surface area (Å²) in [5.74, 6) is -0.380. The Kier molecular flexibility index (Phi) is 6.89. The van der Waals surface area contributed by atoms with E-state index in [-0.39, 0.29) is 40.6 Å². The molecule has 0 aromatic rings. The number of piperidine rings is 1. The number of nitrogens with two attached hydrogens (primary N) is 1. The second-order valence-electron chi connectivity index (χ2n) is 14.6. The first-order chi connectivity index (χ1) is 19.0. The van der Waals surface area contributed by atoms with Gasteiger partial charge < -0.3 is 26.6 Å². The molecule has 4 bridgehead atoms. The summed E-state index contributed by atoms with van der Waals surface area (Å²) in [6.07, 6.45) is 11.8. The minimum Gasteiger partial charge on any atom is -0.363 e. The van der Waals surface area contributed by atoms with Gasteiger partial charge in [-0.2, -0.15) is 0 Å². The Morgan fingerprint density at radius 2 is 1.52 bits per heavy atom. The fourth-order valence-corrected chi connectivity index (χ4v) is 9.88. The molecule has 40 heavy (non-hydrogen) atoms. The molecule has 6 aliphatic carbocycles. The summed E-state index contributed by atoms with van der Waals surface area (Å²) in [5.41, 5.74) is 4.80. The van der Waals surface area contributed by atoms with Crippen molar-refractivity contribution in [3.63, 3.8) is 0 Å². The van der Waals surface area contributed by atoms with Gasteiger partial charge in [0.15, 0.2) is 0 Å². The Morgan fingerprint density at radius 1 is 0.925 bits per heavy atom. The lowest BCUT2D eigenvalue weighted by Crippen LogP contribution is -2.64. The fraction of sp³-hybridized carbons (Fsp3) is 0.833. The second-order valence-corrected chi connectivity index (χ2v) is 14.6. The molecule has 6 saturated carbocycles. The summed E-state index contributed by atoms with van der Waals surface area (Å²) in [7, 11) is 0. The molecule has 10 heteroatoms. The highest BCUT2D eigenvalue weighted by Gasteiger charge is 2.69. The molecule has 0 radical (unpaired) electrons. The smallest absolute Gasteiger partial charge is 0.315 e. The number of nitrogens with one attached hydrogen (secondary N) is 3. The highest BCUT2D eigenvalue weighted by atomic mass is 16.2. The Morgan fingerprint density at radius 3 is 2.10 bits per heavy atom. The minimum atomic E-state index is -1.10. The first-order valence-electron chi connectivity index (χ1n) is 15.5. The van der Waals surface area contributed by atoms with E-state index in [0.717, 1.165) is 51.4 Å². The molecular weight excluding hydrogens is 510 g/mol. The number of ketones is 1. The van der Waals surface area contributed by atoms with Crippen molar-refractivity contribution in [2.75, 3.05) is 13.1 Å². The fourth-order valence-electron chi connectivity index (χ4n) is 9.88. The molecule has 7 aliphatic rings. The number of hydrogen-bond donors (Lipinski definition) is 4. The van der Waals surface area contributed by atoms with Gasteiger partial charge in [0, 0.05) is 12.1 Å². The molecule has 1 heterocycles. The van der Waals surface area contributed by atoms with Crippen molar-refractivity contribution >= 4 is 29.5 Å². The van der Waals surface area contributed by atoms with Gasteiger partial charge >= 0.3 is 6.03 Å². The summed E-state index contributed by atoms with van der Waals surface area (Å²) in [6, 6.07) is -1.70. The van der Waals surface area contributed by atoms with Crippen LogP contribution in [0.25, 0.3) is 0 Å². The van der Waals surface area contributed by atoms with Crippen molar-refractivity contribution in [2.45, 2.75) is 102 Å². The third-order valence-electron chi connectivity index (χ3n) is 11.5. The predicted octanol–water partition coefficient (Wildman–Crippen LogP) is 1.86. The Bertz CT molecular complexity index is 1060. The van der Waals surface area contributed by atoms with Crippen LogP contribution in [0.2, 0.25) is 0 Å². The van der Waals surface area contributed by atoms with Crippen molar-refractivity contribution in [3.8, 4) is 0 Å². The number of nitrogens with zero attached hydrogens (tertiary/aromatic N) is 1. The van der Waals surface area contributed by atoms with Crippen LogP contribution < -0.4 is 21.7 Å². The molecule has 0 aromatic heterocycles. The van der Waals surface area contributed by atoms with Gasteiger partial charge in [0.05, 0.1) is 6.54 Å². The molecule has 1 saturated heterocycles. The second kappa shape index (κ2) is 10.0. The van der Waals surface area contributed by atoms with E-state index in [1.165, 1.54) is 19.3 Å². The van der Waals surface area contributed by atoms with Gasteiger partial charge in [-0.05, 0) is 92.3 Å². The summed E-state index contributed by atoms with van der Waals surface area (Å²) in [5, 5.41) is 9.04. The van der Waals surface area contributed by atoms with Crippen LogP contribution in [0, 0.1) is 40.9 Å². The number of Topliss-reactive ketones (excluding diaryl/α,β-unsaturated/α-hetero) is 1. The van der Waals surface area contributed by atoms with E-state index in [4.69, 9.17) is 5.73 Å². The predicted molar refractivity (Wildman–Crippen MR) is 146 cm³/mol. The summed E-state index contributed by atoms with van der Waals surface area (Å²) in [6.45, 7) is 4.14. The number of primary amides is 1. The first kappa shape index (κ1) is 27.5. The van der Waals surface area contributed by atoms with Crippen LogP contribution in [0.15, 0.2) is 0 Å². The van der Waals surface area contributed by atoms with E-state index in [1.807, 2.05) is 0 Å². The topological polar surface area (TPSA) is 151 Å². The van der Waals surface area contributed by atoms with Crippen LogP contribution in [0.3, 0.4) is 0 Å². The highest BCUT2D eigenvalue weighted by molar-refractivity contribution is 6.36. The number of rotatable bonds is 8. The number of carbonyl (C=O) groups is 5. The van der Waals surface area contributed by atoms with Crippen molar-refractivity contribution in [1.82, 2.24) is 20.9 Å². The van der Waals surface area contributed by atoms with E-state index in [1.54, 1.807) is 4.90 Å². The van der Waals surface area contributed by atoms with Crippen LogP contribution in [0.4, 0.5) is 4.79 Å². The normalized spacial score (nSPS) is 37.8. The Hall–Kier alpha value is -2.65. The third-order valence-corrected chi connectivity index (χ3v) is 11.5. The van der Waals surface area contributed by atoms with E-state index in [9.17, 15) is 24.0 Å². The van der Waals surface area contributed by atoms with Gasteiger partial charge in [0.25, 0.3) is 5.91 Å². The quantitative estimate of drug-likeness (QED) is 0.337. The van der Waals surface area contributed by atoms with E-state index in [2.05, 4.69) is 29.8 Å². The lowest BCUT2D eigenvalue weighted by Gasteiger charge is -2.56. The lowest BCUT2D eigenvalue weighted by atomic mass is 9.53. The monoisotopic (exact) mass is 555 g/mol. The molecule has 5 amide bonds. The van der Waals surface area contributed by atoms with E-state index < -0.39 is 36.2 Å². The summed E-state index contributed by atoms with van der Waals surface area (Å²) in [4.78, 5) is 65.8. The molecule has 7 fully saturated rings. The largest absolute Gasteiger partial charge is 0.363 e. The molecule has 0 spiro atoms. The molecule has 0 unspecified atom stereocenters. The molecule has 4 atom stereocenters. The van der Waals surface area contributed by atoms with Crippen LogP contribution in [-0.4, -0.2) is 65.1 Å². The van der Waals surface area contributed by atoms with Crippen LogP contribution in [0.5, 0.6) is 0 Å². The molecular formula is C30H45N5O5. The minimum absolute atomic E-state index is 0.0217. The van der Waals surface area contributed by atoms with E-state index >= 15 is 0 Å². The summed E-state index contributed by atoms with van der Waals surface area (Å²) >= 11 is 0. The Labute approximate surface area is 236 Å². The number of carbonyl (C=O) groups excluding carboxylic acids is 5. The maximum absolute atomic E-state index is 14.2. The Balaban J connectivity index is 1.18. The first-order valence-corrected chi connectivity index (χ1v) is 15.5. The van der Waals surface area contributed by atoms with E-state index in [0.29, 0.717) is 24.3 Å². The molecule has 220 valence electrons. The van der Waals surface area contributed by atoms with Crippen molar-refractivity contribution in [2.24, 2.45) is 46.7 Å². The molecule has 10 nitrogen and oxygen atoms in total. The summed E-state index contributed by atoms with van der Waals surface area (Å²) < 4.78 is 0. The average Bonchev–Trinajstić information content (AvgIpc) is 3.21. The van der Waals surface area contributed by atoms with Gasteiger partial charge in [0.1, 0.15) is 12.1 Å². The van der Waals surface area contributed by atoms with Gasteiger partial charge in [-0.25, -0.2) is 4.79 Å². The standard InChI is InChI=1S/C30H45N5O5/c1-29(2)20-15-35(24(22(20)29)26(38)32-14-21(36)25(31)37)27(39)23(19-6-4-3-5-7-19)33-28(40)34-30-11-16-8-17(12-30)10-18(9-16)13-30/h16-20,22-24H,3-15H2,1-2H3,(H2,31,37)(H,32,38)(H2,33,34,40)/t16?,17?,18?,20-,22-,23-,24-,30?/m0/s1. The van der Waals surface area contributed by atoms with Crippen LogP contribution >= 0.6 is 0 Å². The molecule has 0 aromatic carbocycles. The zero-order valence-corrected chi connectivity index (χ0v) is 23.9. The number of urea groups is 1. The van der Waals surface area contributed by atoms with Gasteiger partial charge in [-0.1, -0.05) is 33.1 Å². The van der Waals surface area contributed by atoms with Crippen molar-refractivity contribution < 1.29 is 24.0 Å². The third kappa shape index (κ3) is 4.89. The van der Waals surface area contributed by atoms with Gasteiger partial charge in [-0.15, -0.1) is 0 Å². The lowest BCUT2D eigenvalue weighted by molar-refractivity contribution is -0.143. The zero-order chi connectivity index (χ0) is 28.4. The molecule has 5 N–H and O–H groups in total. The zero-order valence-electron chi connectivity index (χ0n) is 23.9. The van der Waals surface area contributed by atoms with Crippen LogP contribution in [-0.2, 0) is 19.2 Å². The van der Waals surface area contributed by atoms with Crippen LogP contribution in [0.1, 0.15) is 84.5 Å². The van der Waals surface area contributed by atoms with Gasteiger partial charge in [0.2, 0.25) is 17.6 Å². The van der Waals surface area contributed by atoms with Crippen molar-refractivity contribution in [1.29, 1.82) is 0 Å². The average molecular weight is 556 g/mol. The maximum atomic E-state index is 14.2. The van der Waals surface area contributed by atoms with Crippen molar-refractivity contribution in [3.05, 3.63) is 0 Å². The molecule has 1 aliphatic heterocycles. The SMILES string of the molecule is CC1(C)[C@@H]2[C@@H](C(=O)NCC(=O)C(N)=O)N(C(=O)[C@@H](NC(=O)NC34CC5CC(CC(C5)C3)C4)C3CCCCC3)C[C@@H]21. The number of fused-ring (bicyclic) bond motifs is 1. The molecule has 7 rings (SSSR count). The highest BCUT2D eigenvalue weighted by Crippen LogP contribution is 2.65. The maximum Gasteiger partial charge on any atom is 0.315 e. The number of amides is 5.